The Kier molecular flexibility index (Phi) is 6.65. The van der Waals surface area contributed by atoms with Crippen molar-refractivity contribution in [3.8, 4) is 0 Å². The van der Waals surface area contributed by atoms with E-state index in [0.29, 0.717) is 28.3 Å². The number of nitro groups is 1. The van der Waals surface area contributed by atoms with Gasteiger partial charge >= 0.3 is 0 Å². The van der Waals surface area contributed by atoms with Crippen LogP contribution in [0.4, 0.5) is 17.1 Å². The fourth-order valence-electron chi connectivity index (χ4n) is 4.72. The Labute approximate surface area is 214 Å². The molecule has 1 aliphatic heterocycles. The average molecular weight is 503 g/mol. The number of rotatable bonds is 6. The normalized spacial score (nSPS) is 14.2. The maximum Gasteiger partial charge on any atom is 0.272 e. The second-order valence-corrected chi connectivity index (χ2v) is 9.85. The van der Waals surface area contributed by atoms with Gasteiger partial charge in [-0.15, -0.1) is 0 Å². The van der Waals surface area contributed by atoms with Crippen LogP contribution in [-0.2, 0) is 6.54 Å². The van der Waals surface area contributed by atoms with Crippen molar-refractivity contribution in [1.82, 2.24) is 4.57 Å². The molecule has 8 heteroatoms. The number of nitro benzene ring substituents is 1. The number of hydrogen-bond acceptors (Lipinski definition) is 4. The number of piperidine rings is 1. The van der Waals surface area contributed by atoms with Crippen molar-refractivity contribution in [2.24, 2.45) is 5.92 Å². The van der Waals surface area contributed by atoms with Gasteiger partial charge in [-0.25, -0.2) is 0 Å². The van der Waals surface area contributed by atoms with Crippen LogP contribution in [0.1, 0.15) is 35.8 Å². The number of hydrogen-bond donors (Lipinski definition) is 1. The highest BCUT2D eigenvalue weighted by atomic mass is 35.5. The van der Waals surface area contributed by atoms with Gasteiger partial charge in [0.1, 0.15) is 5.69 Å². The molecular weight excluding hydrogens is 476 g/mol. The molecule has 0 spiro atoms. The predicted octanol–water partition coefficient (Wildman–Crippen LogP) is 6.74. The van der Waals surface area contributed by atoms with Crippen molar-refractivity contribution in [2.45, 2.75) is 26.3 Å². The number of benzene rings is 3. The summed E-state index contributed by atoms with van der Waals surface area (Å²) < 4.78 is 1.88. The zero-order chi connectivity index (χ0) is 25.2. The molecule has 0 radical (unpaired) electrons. The Morgan fingerprint density at radius 3 is 2.39 bits per heavy atom. The lowest BCUT2D eigenvalue weighted by molar-refractivity contribution is -0.384. The van der Waals surface area contributed by atoms with Gasteiger partial charge in [0, 0.05) is 59.1 Å². The van der Waals surface area contributed by atoms with Gasteiger partial charge in [-0.2, -0.15) is 0 Å². The van der Waals surface area contributed by atoms with Crippen LogP contribution in [0.15, 0.2) is 72.8 Å². The fraction of sp³-hybridized carbons (Fsp3) is 0.250. The molecule has 1 aromatic heterocycles. The fourth-order valence-corrected chi connectivity index (χ4v) is 4.85. The number of amides is 1. The quantitative estimate of drug-likeness (QED) is 0.234. The zero-order valence-corrected chi connectivity index (χ0v) is 20.7. The number of nitrogens with zero attached hydrogens (tertiary/aromatic N) is 3. The first-order chi connectivity index (χ1) is 17.4. The van der Waals surface area contributed by atoms with Gasteiger partial charge in [-0.1, -0.05) is 30.7 Å². The number of halogens is 1. The standard InChI is InChI=1S/C28H27ClN4O3/c1-19-12-14-31(15-13-19)24-8-6-23(7-9-24)30-28(34)27-17-21-16-25(33(35)36)10-11-26(21)32(27)18-20-2-4-22(29)5-3-20/h2-11,16-17,19H,12-15,18H2,1H3,(H,30,34). The molecule has 0 aliphatic carbocycles. The Morgan fingerprint density at radius 2 is 1.72 bits per heavy atom. The van der Waals surface area contributed by atoms with Crippen LogP contribution >= 0.6 is 11.6 Å². The molecule has 4 aromatic rings. The van der Waals surface area contributed by atoms with Crippen LogP contribution in [0.3, 0.4) is 0 Å². The van der Waals surface area contributed by atoms with Crippen molar-refractivity contribution in [3.63, 3.8) is 0 Å². The van der Waals surface area contributed by atoms with E-state index >= 15 is 0 Å². The molecule has 1 saturated heterocycles. The first-order valence-electron chi connectivity index (χ1n) is 12.1. The Hall–Kier alpha value is -3.84. The smallest absolute Gasteiger partial charge is 0.272 e. The molecule has 7 nitrogen and oxygen atoms in total. The summed E-state index contributed by atoms with van der Waals surface area (Å²) >= 11 is 6.04. The lowest BCUT2D eigenvalue weighted by Gasteiger charge is -2.32. The molecule has 36 heavy (non-hydrogen) atoms. The molecule has 1 N–H and O–H groups in total. The third-order valence-electron chi connectivity index (χ3n) is 6.86. The number of fused-ring (bicyclic) bond motifs is 1. The summed E-state index contributed by atoms with van der Waals surface area (Å²) in [5, 5.41) is 15.6. The highest BCUT2D eigenvalue weighted by Crippen LogP contribution is 2.28. The Bertz CT molecular complexity index is 1410. The van der Waals surface area contributed by atoms with Gasteiger partial charge in [-0.3, -0.25) is 14.9 Å². The molecule has 0 bridgehead atoms. The van der Waals surface area contributed by atoms with E-state index in [1.807, 2.05) is 41.0 Å². The summed E-state index contributed by atoms with van der Waals surface area (Å²) in [7, 11) is 0. The topological polar surface area (TPSA) is 80.4 Å². The van der Waals surface area contributed by atoms with E-state index in [1.165, 1.54) is 25.0 Å². The average Bonchev–Trinajstić information content (AvgIpc) is 3.24. The summed E-state index contributed by atoms with van der Waals surface area (Å²) in [6.07, 6.45) is 2.38. The van der Waals surface area contributed by atoms with Crippen molar-refractivity contribution in [2.75, 3.05) is 23.3 Å². The summed E-state index contributed by atoms with van der Waals surface area (Å²) in [4.78, 5) is 26.6. The summed E-state index contributed by atoms with van der Waals surface area (Å²) in [6, 6.07) is 21.7. The van der Waals surface area contributed by atoms with Crippen molar-refractivity contribution < 1.29 is 9.72 Å². The van der Waals surface area contributed by atoms with Crippen LogP contribution in [0.2, 0.25) is 5.02 Å². The highest BCUT2D eigenvalue weighted by Gasteiger charge is 2.19. The van der Waals surface area contributed by atoms with E-state index in [1.54, 1.807) is 24.3 Å². The Morgan fingerprint density at radius 1 is 1.03 bits per heavy atom. The second-order valence-electron chi connectivity index (χ2n) is 9.41. The molecule has 1 aliphatic rings. The molecule has 184 valence electrons. The van der Waals surface area contributed by atoms with Gasteiger partial charge in [-0.05, 0) is 72.9 Å². The molecule has 2 heterocycles. The number of carbonyl (C=O) groups excluding carboxylic acids is 1. The third-order valence-corrected chi connectivity index (χ3v) is 7.11. The molecular formula is C28H27ClN4O3. The van der Waals surface area contributed by atoms with Gasteiger partial charge in [0.05, 0.1) is 4.92 Å². The lowest BCUT2D eigenvalue weighted by Crippen LogP contribution is -2.32. The summed E-state index contributed by atoms with van der Waals surface area (Å²) in [5.74, 6) is 0.489. The van der Waals surface area contributed by atoms with Crippen LogP contribution < -0.4 is 10.2 Å². The minimum Gasteiger partial charge on any atom is -0.372 e. The van der Waals surface area contributed by atoms with Gasteiger partial charge < -0.3 is 14.8 Å². The van der Waals surface area contributed by atoms with Crippen molar-refractivity contribution in [1.29, 1.82) is 0 Å². The second kappa shape index (κ2) is 10.0. The SMILES string of the molecule is CC1CCN(c2ccc(NC(=O)c3cc4cc([N+](=O)[O-])ccc4n3Cc3ccc(Cl)cc3)cc2)CC1. The molecule has 0 atom stereocenters. The predicted molar refractivity (Wildman–Crippen MR) is 144 cm³/mol. The third kappa shape index (κ3) is 5.06. The van der Waals surface area contributed by atoms with Crippen molar-refractivity contribution >= 4 is 45.5 Å². The van der Waals surface area contributed by atoms with E-state index in [0.717, 1.165) is 35.8 Å². The lowest BCUT2D eigenvalue weighted by atomic mass is 9.99. The first kappa shape index (κ1) is 23.9. The number of nitrogens with one attached hydrogen (secondary N) is 1. The monoisotopic (exact) mass is 502 g/mol. The summed E-state index contributed by atoms with van der Waals surface area (Å²) in [5.41, 5.74) is 3.97. The maximum atomic E-state index is 13.4. The van der Waals surface area contributed by atoms with E-state index in [9.17, 15) is 14.9 Å². The van der Waals surface area contributed by atoms with Gasteiger partial charge in [0.2, 0.25) is 0 Å². The van der Waals surface area contributed by atoms with E-state index in [2.05, 4.69) is 17.1 Å². The number of carbonyl (C=O) groups is 1. The first-order valence-corrected chi connectivity index (χ1v) is 12.4. The van der Waals surface area contributed by atoms with Crippen molar-refractivity contribution in [3.05, 3.63) is 99.2 Å². The van der Waals surface area contributed by atoms with Gasteiger partial charge in [0.15, 0.2) is 0 Å². The van der Waals surface area contributed by atoms with Crippen LogP contribution in [0.5, 0.6) is 0 Å². The van der Waals surface area contributed by atoms with Gasteiger partial charge in [0.25, 0.3) is 11.6 Å². The van der Waals surface area contributed by atoms with E-state index < -0.39 is 4.92 Å². The van der Waals surface area contributed by atoms with Crippen LogP contribution in [-0.4, -0.2) is 28.5 Å². The van der Waals surface area contributed by atoms with E-state index in [4.69, 9.17) is 11.6 Å². The highest BCUT2D eigenvalue weighted by molar-refractivity contribution is 6.30. The number of aromatic nitrogens is 1. The Balaban J connectivity index is 1.42. The molecule has 0 saturated carbocycles. The zero-order valence-electron chi connectivity index (χ0n) is 20.0. The minimum atomic E-state index is -0.430. The summed E-state index contributed by atoms with van der Waals surface area (Å²) in [6.45, 7) is 4.81. The molecule has 5 rings (SSSR count). The maximum absolute atomic E-state index is 13.4. The molecule has 3 aromatic carbocycles. The number of non-ortho nitro benzene ring substituents is 1. The van der Waals surface area contributed by atoms with Crippen LogP contribution in [0.25, 0.3) is 10.9 Å². The largest absolute Gasteiger partial charge is 0.372 e. The van der Waals surface area contributed by atoms with E-state index in [-0.39, 0.29) is 11.6 Å². The number of anilines is 2. The molecule has 1 fully saturated rings. The minimum absolute atomic E-state index is 0.0132. The molecule has 0 unspecified atom stereocenters. The van der Waals surface area contributed by atoms with Crippen LogP contribution in [0, 0.1) is 16.0 Å². The molecule has 1 amide bonds.